The zero-order chi connectivity index (χ0) is 22.8. The van der Waals surface area contributed by atoms with E-state index >= 15 is 0 Å². The van der Waals surface area contributed by atoms with E-state index in [1.54, 1.807) is 36.4 Å². The van der Waals surface area contributed by atoms with Gasteiger partial charge in [-0.1, -0.05) is 35.9 Å². The molecule has 0 unspecified atom stereocenters. The van der Waals surface area contributed by atoms with Crippen LogP contribution in [0.5, 0.6) is 5.75 Å². The Morgan fingerprint density at radius 1 is 0.906 bits per heavy atom. The van der Waals surface area contributed by atoms with Crippen LogP contribution in [0.4, 0.5) is 20.2 Å². The smallest absolute Gasteiger partial charge is 0.282 e. The highest BCUT2D eigenvalue weighted by molar-refractivity contribution is 6.46. The van der Waals surface area contributed by atoms with Crippen molar-refractivity contribution in [3.05, 3.63) is 95.2 Å². The number of hydrogen-bond donors (Lipinski definition) is 1. The third-order valence-corrected chi connectivity index (χ3v) is 5.00. The number of amides is 2. The highest BCUT2D eigenvalue weighted by Gasteiger charge is 2.40. The lowest BCUT2D eigenvalue weighted by Gasteiger charge is -2.16. The first-order chi connectivity index (χ1) is 15.4. The highest BCUT2D eigenvalue weighted by Crippen LogP contribution is 2.35. The molecule has 4 rings (SSSR count). The van der Waals surface area contributed by atoms with Gasteiger partial charge in [0.2, 0.25) is 0 Å². The predicted molar refractivity (Wildman–Crippen MR) is 118 cm³/mol. The van der Waals surface area contributed by atoms with Crippen LogP contribution in [0.25, 0.3) is 5.57 Å². The van der Waals surface area contributed by atoms with Gasteiger partial charge in [0.1, 0.15) is 11.4 Å². The molecule has 1 N–H and O–H groups in total. The first kappa shape index (κ1) is 21.2. The lowest BCUT2D eigenvalue weighted by molar-refractivity contribution is -0.120. The van der Waals surface area contributed by atoms with E-state index in [1.807, 2.05) is 26.0 Å². The molecule has 1 aliphatic heterocycles. The number of nitrogens with zero attached hydrogens (tertiary/aromatic N) is 1. The largest absolute Gasteiger partial charge is 0.494 e. The van der Waals surface area contributed by atoms with Crippen molar-refractivity contribution in [3.63, 3.8) is 0 Å². The van der Waals surface area contributed by atoms with E-state index in [1.165, 1.54) is 6.07 Å². The fourth-order valence-electron chi connectivity index (χ4n) is 3.47. The molecule has 2 amide bonds. The Morgan fingerprint density at radius 3 is 2.34 bits per heavy atom. The average molecular weight is 434 g/mol. The Hall–Kier alpha value is -4.00. The second kappa shape index (κ2) is 8.63. The number of aryl methyl sites for hydroxylation is 1. The van der Waals surface area contributed by atoms with Gasteiger partial charge in [0.15, 0.2) is 11.6 Å². The Bertz CT molecular complexity index is 1240. The number of rotatable bonds is 6. The van der Waals surface area contributed by atoms with Crippen molar-refractivity contribution in [1.29, 1.82) is 0 Å². The maximum Gasteiger partial charge on any atom is 0.282 e. The summed E-state index contributed by atoms with van der Waals surface area (Å²) in [6.45, 7) is 4.17. The summed E-state index contributed by atoms with van der Waals surface area (Å²) in [6, 6.07) is 17.0. The SMILES string of the molecule is CCOc1cccc(N2C(=O)C(Nc3ccc(F)c(F)c3)=C(c3ccc(C)cc3)C2=O)c1. The van der Waals surface area contributed by atoms with E-state index in [0.717, 1.165) is 22.6 Å². The molecule has 32 heavy (non-hydrogen) atoms. The molecule has 0 aliphatic carbocycles. The number of carbonyl (C=O) groups is 2. The molecule has 3 aromatic carbocycles. The van der Waals surface area contributed by atoms with Crippen molar-refractivity contribution in [3.8, 4) is 5.75 Å². The molecular formula is C25H20F2N2O3. The topological polar surface area (TPSA) is 58.6 Å². The minimum Gasteiger partial charge on any atom is -0.494 e. The number of benzene rings is 3. The van der Waals surface area contributed by atoms with Gasteiger partial charge in [-0.05, 0) is 43.7 Å². The lowest BCUT2D eigenvalue weighted by Crippen LogP contribution is -2.32. The Kier molecular flexibility index (Phi) is 5.73. The molecule has 0 saturated heterocycles. The monoisotopic (exact) mass is 434 g/mol. The summed E-state index contributed by atoms with van der Waals surface area (Å²) in [6.07, 6.45) is 0. The molecule has 0 fully saturated rings. The van der Waals surface area contributed by atoms with Gasteiger partial charge in [0.25, 0.3) is 11.8 Å². The summed E-state index contributed by atoms with van der Waals surface area (Å²) in [5.74, 6) is -2.69. The van der Waals surface area contributed by atoms with Crippen molar-refractivity contribution in [2.45, 2.75) is 13.8 Å². The first-order valence-corrected chi connectivity index (χ1v) is 10.0. The molecular weight excluding hydrogens is 414 g/mol. The van der Waals surface area contributed by atoms with Crippen molar-refractivity contribution < 1.29 is 23.1 Å². The molecule has 3 aromatic rings. The van der Waals surface area contributed by atoms with Gasteiger partial charge in [-0.2, -0.15) is 0 Å². The summed E-state index contributed by atoms with van der Waals surface area (Å²) in [4.78, 5) is 27.8. The van der Waals surface area contributed by atoms with Crippen molar-refractivity contribution in [2.24, 2.45) is 0 Å². The molecule has 5 nitrogen and oxygen atoms in total. The third kappa shape index (κ3) is 3.97. The zero-order valence-corrected chi connectivity index (χ0v) is 17.5. The van der Waals surface area contributed by atoms with Crippen LogP contribution in [0.15, 0.2) is 72.4 Å². The van der Waals surface area contributed by atoms with E-state index in [2.05, 4.69) is 5.32 Å². The molecule has 1 aliphatic rings. The Balaban J connectivity index is 1.80. The lowest BCUT2D eigenvalue weighted by atomic mass is 10.0. The molecule has 0 bridgehead atoms. The van der Waals surface area contributed by atoms with Crippen molar-refractivity contribution >= 4 is 28.8 Å². The van der Waals surface area contributed by atoms with Gasteiger partial charge in [0, 0.05) is 17.8 Å². The second-order valence-electron chi connectivity index (χ2n) is 7.25. The molecule has 7 heteroatoms. The van der Waals surface area contributed by atoms with E-state index in [-0.39, 0.29) is 17.0 Å². The summed E-state index contributed by atoms with van der Waals surface area (Å²) in [7, 11) is 0. The van der Waals surface area contributed by atoms with E-state index in [4.69, 9.17) is 4.74 Å². The number of carbonyl (C=O) groups excluding carboxylic acids is 2. The molecule has 0 saturated carbocycles. The van der Waals surface area contributed by atoms with Crippen LogP contribution < -0.4 is 15.0 Å². The number of nitrogens with one attached hydrogen (secondary N) is 1. The number of halogens is 2. The number of hydrogen-bond acceptors (Lipinski definition) is 4. The first-order valence-electron chi connectivity index (χ1n) is 10.0. The quantitative estimate of drug-likeness (QED) is 0.551. The van der Waals surface area contributed by atoms with E-state index < -0.39 is 23.4 Å². The Morgan fingerprint density at radius 2 is 1.66 bits per heavy atom. The Labute approximate surface area is 183 Å². The minimum absolute atomic E-state index is 0.0216. The number of ether oxygens (including phenoxy) is 1. The maximum atomic E-state index is 13.7. The van der Waals surface area contributed by atoms with Crippen molar-refractivity contribution in [1.82, 2.24) is 0 Å². The van der Waals surface area contributed by atoms with Gasteiger partial charge < -0.3 is 10.1 Å². The van der Waals surface area contributed by atoms with Crippen molar-refractivity contribution in [2.75, 3.05) is 16.8 Å². The van der Waals surface area contributed by atoms with Crippen LogP contribution >= 0.6 is 0 Å². The summed E-state index contributed by atoms with van der Waals surface area (Å²) in [5, 5.41) is 2.82. The van der Waals surface area contributed by atoms with E-state index in [0.29, 0.717) is 23.6 Å². The summed E-state index contributed by atoms with van der Waals surface area (Å²) < 4.78 is 32.6. The van der Waals surface area contributed by atoms with Gasteiger partial charge in [-0.3, -0.25) is 9.59 Å². The predicted octanol–water partition coefficient (Wildman–Crippen LogP) is 5.07. The molecule has 1 heterocycles. The maximum absolute atomic E-state index is 13.7. The fourth-order valence-corrected chi connectivity index (χ4v) is 3.47. The van der Waals surface area contributed by atoms with Gasteiger partial charge in [0.05, 0.1) is 17.9 Å². The fraction of sp³-hybridized carbons (Fsp3) is 0.120. The molecule has 0 aromatic heterocycles. The van der Waals surface area contributed by atoms with Crippen LogP contribution in [0.3, 0.4) is 0 Å². The number of anilines is 2. The van der Waals surface area contributed by atoms with E-state index in [9.17, 15) is 18.4 Å². The van der Waals surface area contributed by atoms with Crippen LogP contribution in [-0.4, -0.2) is 18.4 Å². The van der Waals surface area contributed by atoms with Crippen LogP contribution in [0.2, 0.25) is 0 Å². The van der Waals surface area contributed by atoms with Crippen LogP contribution in [0, 0.1) is 18.6 Å². The third-order valence-electron chi connectivity index (χ3n) is 5.00. The van der Waals surface area contributed by atoms with Gasteiger partial charge >= 0.3 is 0 Å². The molecule has 0 spiro atoms. The second-order valence-corrected chi connectivity index (χ2v) is 7.25. The van der Waals surface area contributed by atoms with Gasteiger partial charge in [-0.15, -0.1) is 0 Å². The highest BCUT2D eigenvalue weighted by atomic mass is 19.2. The van der Waals surface area contributed by atoms with Gasteiger partial charge in [-0.25, -0.2) is 13.7 Å². The number of imide groups is 1. The minimum atomic E-state index is -1.06. The van der Waals surface area contributed by atoms with Crippen LogP contribution in [0.1, 0.15) is 18.1 Å². The summed E-state index contributed by atoms with van der Waals surface area (Å²) >= 11 is 0. The van der Waals surface area contributed by atoms with Crippen LogP contribution in [-0.2, 0) is 9.59 Å². The molecule has 0 radical (unpaired) electrons. The molecule has 162 valence electrons. The normalized spacial score (nSPS) is 13.7. The zero-order valence-electron chi connectivity index (χ0n) is 17.5. The summed E-state index contributed by atoms with van der Waals surface area (Å²) in [5.41, 5.74) is 2.13. The average Bonchev–Trinajstić information content (AvgIpc) is 3.01. The standard InChI is InChI=1S/C25H20F2N2O3/c1-3-32-19-6-4-5-18(14-19)29-24(30)22(16-9-7-15(2)8-10-16)23(25(29)31)28-17-11-12-20(26)21(27)13-17/h4-14,28H,3H2,1-2H3. The molecule has 0 atom stereocenters.